The van der Waals surface area contributed by atoms with Crippen LogP contribution in [0.3, 0.4) is 0 Å². The van der Waals surface area contributed by atoms with Gasteiger partial charge in [0.15, 0.2) is 0 Å². The molecule has 0 bridgehead atoms. The van der Waals surface area contributed by atoms with E-state index in [4.69, 9.17) is 0 Å². The van der Waals surface area contributed by atoms with E-state index in [0.29, 0.717) is 0 Å². The van der Waals surface area contributed by atoms with Gasteiger partial charge in [-0.25, -0.2) is 0 Å². The van der Waals surface area contributed by atoms with Crippen LogP contribution in [0.15, 0.2) is 170 Å². The number of halogens is 1. The van der Waals surface area contributed by atoms with E-state index in [1.54, 1.807) is 12.4 Å². The third-order valence-corrected chi connectivity index (χ3v) is 9.16. The average molecular weight is 864 g/mol. The first-order valence-electron chi connectivity index (χ1n) is 16.6. The molecule has 0 unspecified atom stereocenters. The summed E-state index contributed by atoms with van der Waals surface area (Å²) in [6, 6.07) is 56.2. The first-order chi connectivity index (χ1) is 24.8. The Kier molecular flexibility index (Phi) is 10.1. The van der Waals surface area contributed by atoms with Crippen LogP contribution in [0.4, 0.5) is 0 Å². The van der Waals surface area contributed by atoms with Crippen LogP contribution < -0.4 is 12.4 Å². The van der Waals surface area contributed by atoms with Crippen molar-refractivity contribution >= 4 is 86.7 Å². The van der Waals surface area contributed by atoms with Crippen molar-refractivity contribution in [1.82, 2.24) is 19.9 Å². The molecule has 0 aliphatic rings. The van der Waals surface area contributed by atoms with Crippen molar-refractivity contribution in [1.29, 1.82) is 0 Å². The molecular formula is C46H28ClIrN4. The van der Waals surface area contributed by atoms with E-state index in [9.17, 15) is 0 Å². The van der Waals surface area contributed by atoms with Crippen LogP contribution in [0.25, 0.3) is 86.7 Å². The zero-order valence-corrected chi connectivity index (χ0v) is 30.8. The molecule has 7 aromatic carbocycles. The molecule has 0 aliphatic heterocycles. The van der Waals surface area contributed by atoms with Crippen molar-refractivity contribution in [2.45, 2.75) is 0 Å². The predicted molar refractivity (Wildman–Crippen MR) is 208 cm³/mol. The fourth-order valence-corrected chi connectivity index (χ4v) is 6.94. The van der Waals surface area contributed by atoms with Gasteiger partial charge in [0.25, 0.3) is 0 Å². The molecule has 4 heterocycles. The number of fused-ring (bicyclic) bond motifs is 15. The van der Waals surface area contributed by atoms with Crippen molar-refractivity contribution in [2.75, 3.05) is 0 Å². The molecule has 248 valence electrons. The zero-order chi connectivity index (χ0) is 33.3. The molecule has 0 saturated carbocycles. The van der Waals surface area contributed by atoms with Crippen molar-refractivity contribution in [3.63, 3.8) is 0 Å². The monoisotopic (exact) mass is 864 g/mol. The summed E-state index contributed by atoms with van der Waals surface area (Å²) in [5.41, 5.74) is 4.02. The summed E-state index contributed by atoms with van der Waals surface area (Å²) in [5, 5.41) is 14.4. The fraction of sp³-hybridized carbons (Fsp3) is 0. The number of pyridine rings is 4. The summed E-state index contributed by atoms with van der Waals surface area (Å²) in [4.78, 5) is 17.8. The number of nitrogens with zero attached hydrogens (tertiary/aromatic N) is 4. The number of hydrogen-bond acceptors (Lipinski definition) is 4. The first kappa shape index (κ1) is 34.6. The summed E-state index contributed by atoms with van der Waals surface area (Å²) in [6.07, 6.45) is 7.29. The van der Waals surface area contributed by atoms with Gasteiger partial charge in [0.2, 0.25) is 0 Å². The number of aromatic nitrogens is 4. The molecular weight excluding hydrogens is 836 g/mol. The molecule has 6 heteroatoms. The van der Waals surface area contributed by atoms with Crippen molar-refractivity contribution in [3.05, 3.63) is 183 Å². The summed E-state index contributed by atoms with van der Waals surface area (Å²) in [6.45, 7) is 0. The van der Waals surface area contributed by atoms with Gasteiger partial charge in [-0.3, -0.25) is 9.97 Å². The van der Waals surface area contributed by atoms with E-state index in [1.165, 1.54) is 43.1 Å². The first-order valence-corrected chi connectivity index (χ1v) is 16.6. The van der Waals surface area contributed by atoms with Crippen LogP contribution >= 0.6 is 0 Å². The van der Waals surface area contributed by atoms with Crippen LogP contribution in [-0.4, -0.2) is 19.9 Å². The quantitative estimate of drug-likeness (QED) is 0.114. The van der Waals surface area contributed by atoms with Gasteiger partial charge in [-0.1, -0.05) is 106 Å². The SMILES string of the molecule is [Cl-].[Ir+3].[c-]1cccc2c1c1ncccc1c1ccccc21.[c-]1cccc2c1c1ncccc1c1ccccc21.c1cnc2c(c1)ccc1cccnc12. The largest absolute Gasteiger partial charge is 3.00 e. The van der Waals surface area contributed by atoms with E-state index < -0.39 is 0 Å². The molecule has 0 fully saturated rings. The molecule has 0 amide bonds. The molecule has 52 heavy (non-hydrogen) atoms. The Hall–Kier alpha value is -5.84. The van der Waals surface area contributed by atoms with Crippen LogP contribution in [0, 0.1) is 12.1 Å². The Morgan fingerprint density at radius 2 is 0.635 bits per heavy atom. The molecule has 0 atom stereocenters. The van der Waals surface area contributed by atoms with Crippen LogP contribution in [0.2, 0.25) is 0 Å². The van der Waals surface area contributed by atoms with Gasteiger partial charge in [-0.2, -0.15) is 0 Å². The minimum atomic E-state index is 0. The van der Waals surface area contributed by atoms with E-state index in [1.807, 2.05) is 60.9 Å². The van der Waals surface area contributed by atoms with Gasteiger partial charge >= 0.3 is 20.1 Å². The molecule has 0 aliphatic carbocycles. The molecule has 0 N–H and O–H groups in total. The molecule has 0 radical (unpaired) electrons. The maximum atomic E-state index is 4.53. The number of hydrogen-bond donors (Lipinski definition) is 0. The van der Waals surface area contributed by atoms with Gasteiger partial charge in [0.05, 0.1) is 11.0 Å². The molecule has 4 aromatic heterocycles. The third-order valence-electron chi connectivity index (χ3n) is 9.16. The van der Waals surface area contributed by atoms with Crippen molar-refractivity contribution in [2.24, 2.45) is 0 Å². The van der Waals surface area contributed by atoms with Crippen LogP contribution in [-0.2, 0) is 20.1 Å². The second-order valence-corrected chi connectivity index (χ2v) is 12.0. The van der Waals surface area contributed by atoms with Crippen LogP contribution in [0.5, 0.6) is 0 Å². The average Bonchev–Trinajstić information content (AvgIpc) is 3.21. The summed E-state index contributed by atoms with van der Waals surface area (Å²) in [7, 11) is 0. The van der Waals surface area contributed by atoms with E-state index >= 15 is 0 Å². The smallest absolute Gasteiger partial charge is 1.00 e. The molecule has 11 rings (SSSR count). The Morgan fingerprint density at radius 1 is 0.308 bits per heavy atom. The van der Waals surface area contributed by atoms with Gasteiger partial charge in [-0.15, -0.1) is 59.3 Å². The molecule has 0 saturated heterocycles. The number of benzene rings is 7. The second-order valence-electron chi connectivity index (χ2n) is 12.0. The van der Waals surface area contributed by atoms with Crippen molar-refractivity contribution in [3.8, 4) is 0 Å². The normalized spacial score (nSPS) is 10.8. The Bertz CT molecular complexity index is 2370. The maximum absolute atomic E-state index is 4.53. The standard InChI is InChI=1S/2C17H10N.C12H8N2.ClH.Ir/c2*1-2-7-14-12(6-1)13-8-3-4-9-15(13)17-16(14)10-5-11-18-17;1-3-9-5-6-10-4-2-8-14-12(10)11(9)13-7-1;;/h2*1-8,10-11H;1-8H;1H;/q2*-1;;;+3/p-1. The van der Waals surface area contributed by atoms with Crippen molar-refractivity contribution < 1.29 is 32.5 Å². The van der Waals surface area contributed by atoms with Gasteiger partial charge in [0, 0.05) is 35.6 Å². The van der Waals surface area contributed by atoms with E-state index in [-0.39, 0.29) is 32.5 Å². The Balaban J connectivity index is 0.000000120. The Labute approximate surface area is 320 Å². The fourth-order valence-electron chi connectivity index (χ4n) is 6.94. The number of rotatable bonds is 0. The molecule has 0 spiro atoms. The summed E-state index contributed by atoms with van der Waals surface area (Å²) < 4.78 is 0. The molecule has 11 aromatic rings. The topological polar surface area (TPSA) is 51.6 Å². The summed E-state index contributed by atoms with van der Waals surface area (Å²) in [5.74, 6) is 0. The molecule has 4 nitrogen and oxygen atoms in total. The van der Waals surface area contributed by atoms with Gasteiger partial charge in [0.1, 0.15) is 0 Å². The van der Waals surface area contributed by atoms with Gasteiger partial charge < -0.3 is 22.4 Å². The maximum Gasteiger partial charge on any atom is 3.00 e. The van der Waals surface area contributed by atoms with Gasteiger partial charge in [-0.05, 0) is 56.8 Å². The van der Waals surface area contributed by atoms with E-state index in [0.717, 1.165) is 43.6 Å². The minimum absolute atomic E-state index is 0. The predicted octanol–water partition coefficient (Wildman–Crippen LogP) is 8.47. The minimum Gasteiger partial charge on any atom is -1.00 e. The van der Waals surface area contributed by atoms with E-state index in [2.05, 4.69) is 129 Å². The zero-order valence-electron chi connectivity index (χ0n) is 27.7. The second kappa shape index (κ2) is 15.2. The van der Waals surface area contributed by atoms with Crippen LogP contribution in [0.1, 0.15) is 0 Å². The third kappa shape index (κ3) is 6.20. The summed E-state index contributed by atoms with van der Waals surface area (Å²) >= 11 is 0. The Morgan fingerprint density at radius 3 is 1.06 bits per heavy atom.